The minimum absolute atomic E-state index is 0.534. The van der Waals surface area contributed by atoms with Crippen LogP contribution in [-0.4, -0.2) is 4.98 Å². The highest BCUT2D eigenvalue weighted by atomic mass is 79.9. The molecule has 0 spiro atoms. The molecule has 98 valence electrons. The SMILES string of the molecule is N#Cc1cc(Br)cc(-c2cc3cc(CN)ccc3[nH]2)c1. The van der Waals surface area contributed by atoms with E-state index in [0.717, 1.165) is 32.2 Å². The molecule has 0 saturated carbocycles. The van der Waals surface area contributed by atoms with Crippen molar-refractivity contribution in [1.82, 2.24) is 4.98 Å². The average Bonchev–Trinajstić information content (AvgIpc) is 2.89. The van der Waals surface area contributed by atoms with Crippen LogP contribution in [0.15, 0.2) is 46.9 Å². The molecule has 0 radical (unpaired) electrons. The number of benzene rings is 2. The van der Waals surface area contributed by atoms with Crippen LogP contribution in [0, 0.1) is 11.3 Å². The zero-order valence-corrected chi connectivity index (χ0v) is 12.2. The Morgan fingerprint density at radius 3 is 2.75 bits per heavy atom. The number of fused-ring (bicyclic) bond motifs is 1. The zero-order chi connectivity index (χ0) is 14.1. The Morgan fingerprint density at radius 1 is 1.15 bits per heavy atom. The van der Waals surface area contributed by atoms with E-state index in [1.165, 1.54) is 0 Å². The predicted octanol–water partition coefficient (Wildman–Crippen LogP) is 3.93. The second-order valence-corrected chi connectivity index (χ2v) is 5.56. The Labute approximate surface area is 125 Å². The molecule has 4 heteroatoms. The number of rotatable bonds is 2. The zero-order valence-electron chi connectivity index (χ0n) is 10.7. The van der Waals surface area contributed by atoms with Crippen molar-refractivity contribution in [3.8, 4) is 17.3 Å². The number of nitriles is 1. The molecule has 0 aliphatic rings. The van der Waals surface area contributed by atoms with Gasteiger partial charge in [0.25, 0.3) is 0 Å². The van der Waals surface area contributed by atoms with Gasteiger partial charge < -0.3 is 10.7 Å². The van der Waals surface area contributed by atoms with E-state index in [1.807, 2.05) is 24.3 Å². The van der Waals surface area contributed by atoms with E-state index in [2.05, 4.69) is 39.1 Å². The topological polar surface area (TPSA) is 65.6 Å². The smallest absolute Gasteiger partial charge is 0.0992 e. The number of halogens is 1. The van der Waals surface area contributed by atoms with Gasteiger partial charge in [-0.25, -0.2) is 0 Å². The Hall–Kier alpha value is -2.09. The second kappa shape index (κ2) is 5.12. The van der Waals surface area contributed by atoms with Crippen molar-refractivity contribution in [3.05, 3.63) is 58.1 Å². The first-order chi connectivity index (χ1) is 9.69. The molecule has 20 heavy (non-hydrogen) atoms. The summed E-state index contributed by atoms with van der Waals surface area (Å²) in [6.07, 6.45) is 0. The van der Waals surface area contributed by atoms with Gasteiger partial charge >= 0.3 is 0 Å². The van der Waals surface area contributed by atoms with Gasteiger partial charge in [0.15, 0.2) is 0 Å². The largest absolute Gasteiger partial charge is 0.355 e. The van der Waals surface area contributed by atoms with E-state index in [0.29, 0.717) is 12.1 Å². The minimum Gasteiger partial charge on any atom is -0.355 e. The molecule has 3 N–H and O–H groups in total. The van der Waals surface area contributed by atoms with E-state index >= 15 is 0 Å². The van der Waals surface area contributed by atoms with Crippen LogP contribution in [0.25, 0.3) is 22.2 Å². The van der Waals surface area contributed by atoms with Crippen molar-refractivity contribution >= 4 is 26.8 Å². The summed E-state index contributed by atoms with van der Waals surface area (Å²) in [5, 5.41) is 10.2. The average molecular weight is 326 g/mol. The first-order valence-electron chi connectivity index (χ1n) is 6.22. The summed E-state index contributed by atoms with van der Waals surface area (Å²) in [7, 11) is 0. The van der Waals surface area contributed by atoms with E-state index in [4.69, 9.17) is 11.0 Å². The summed E-state index contributed by atoms with van der Waals surface area (Å²) in [6, 6.07) is 16.1. The van der Waals surface area contributed by atoms with Gasteiger partial charge in [0.05, 0.1) is 11.6 Å². The minimum atomic E-state index is 0.534. The van der Waals surface area contributed by atoms with Crippen LogP contribution < -0.4 is 5.73 Å². The van der Waals surface area contributed by atoms with E-state index in [-0.39, 0.29) is 0 Å². The van der Waals surface area contributed by atoms with Gasteiger partial charge in [0.2, 0.25) is 0 Å². The monoisotopic (exact) mass is 325 g/mol. The molecular formula is C16H12BrN3. The molecule has 0 aliphatic carbocycles. The van der Waals surface area contributed by atoms with E-state index in [9.17, 15) is 0 Å². The summed E-state index contributed by atoms with van der Waals surface area (Å²) in [5.41, 5.74) is 10.5. The number of nitrogens with two attached hydrogens (primary N) is 1. The normalized spacial score (nSPS) is 10.7. The highest BCUT2D eigenvalue weighted by Crippen LogP contribution is 2.28. The van der Waals surface area contributed by atoms with Crippen LogP contribution >= 0.6 is 15.9 Å². The molecule has 0 bridgehead atoms. The maximum absolute atomic E-state index is 9.05. The van der Waals surface area contributed by atoms with Gasteiger partial charge in [0.1, 0.15) is 0 Å². The molecular weight excluding hydrogens is 314 g/mol. The van der Waals surface area contributed by atoms with Crippen molar-refractivity contribution in [2.24, 2.45) is 5.73 Å². The van der Waals surface area contributed by atoms with Crippen LogP contribution in [0.3, 0.4) is 0 Å². The maximum Gasteiger partial charge on any atom is 0.0992 e. The third-order valence-electron chi connectivity index (χ3n) is 3.26. The number of hydrogen-bond acceptors (Lipinski definition) is 2. The molecule has 0 saturated heterocycles. The molecule has 1 aromatic heterocycles. The van der Waals surface area contributed by atoms with Gasteiger partial charge in [-0.05, 0) is 42.0 Å². The van der Waals surface area contributed by atoms with Crippen LogP contribution in [0.5, 0.6) is 0 Å². The van der Waals surface area contributed by atoms with Gasteiger partial charge in [0, 0.05) is 33.2 Å². The molecule has 0 unspecified atom stereocenters. The van der Waals surface area contributed by atoms with Crippen molar-refractivity contribution in [2.45, 2.75) is 6.54 Å². The van der Waals surface area contributed by atoms with Crippen LogP contribution in [0.4, 0.5) is 0 Å². The molecule has 3 aromatic rings. The fraction of sp³-hybridized carbons (Fsp3) is 0.0625. The van der Waals surface area contributed by atoms with Crippen molar-refractivity contribution < 1.29 is 0 Å². The molecule has 0 aliphatic heterocycles. The Morgan fingerprint density at radius 2 is 2.00 bits per heavy atom. The lowest BCUT2D eigenvalue weighted by Crippen LogP contribution is -1.94. The van der Waals surface area contributed by atoms with Crippen LogP contribution in [0.2, 0.25) is 0 Å². The van der Waals surface area contributed by atoms with Crippen molar-refractivity contribution in [2.75, 3.05) is 0 Å². The predicted molar refractivity (Wildman–Crippen MR) is 84.0 cm³/mol. The Balaban J connectivity index is 2.15. The third kappa shape index (κ3) is 2.34. The Bertz CT molecular complexity index is 827. The number of hydrogen-bond donors (Lipinski definition) is 2. The van der Waals surface area contributed by atoms with E-state index < -0.39 is 0 Å². The quantitative estimate of drug-likeness (QED) is 0.749. The first kappa shape index (κ1) is 12.9. The highest BCUT2D eigenvalue weighted by Gasteiger charge is 2.06. The molecule has 2 aromatic carbocycles. The van der Waals surface area contributed by atoms with Gasteiger partial charge in [-0.2, -0.15) is 5.26 Å². The van der Waals surface area contributed by atoms with Crippen molar-refractivity contribution in [3.63, 3.8) is 0 Å². The standard InChI is InChI=1S/C16H12BrN3/c17-14-5-11(9-19)4-12(6-14)16-7-13-3-10(8-18)1-2-15(13)20-16/h1-7,20H,8,18H2. The summed E-state index contributed by atoms with van der Waals surface area (Å²) in [5.74, 6) is 0. The van der Waals surface area contributed by atoms with Gasteiger partial charge in [-0.3, -0.25) is 0 Å². The summed E-state index contributed by atoms with van der Waals surface area (Å²) < 4.78 is 0.896. The lowest BCUT2D eigenvalue weighted by Gasteiger charge is -2.00. The first-order valence-corrected chi connectivity index (χ1v) is 7.01. The van der Waals surface area contributed by atoms with Gasteiger partial charge in [-0.15, -0.1) is 0 Å². The Kier molecular flexibility index (Phi) is 3.31. The number of aromatic amines is 1. The second-order valence-electron chi connectivity index (χ2n) is 4.65. The van der Waals surface area contributed by atoms with Crippen molar-refractivity contribution in [1.29, 1.82) is 5.26 Å². The molecule has 3 nitrogen and oxygen atoms in total. The highest BCUT2D eigenvalue weighted by molar-refractivity contribution is 9.10. The molecule has 1 heterocycles. The third-order valence-corrected chi connectivity index (χ3v) is 3.72. The van der Waals surface area contributed by atoms with E-state index in [1.54, 1.807) is 6.07 Å². The lowest BCUT2D eigenvalue weighted by molar-refractivity contribution is 1.08. The number of aromatic nitrogens is 1. The van der Waals surface area contributed by atoms with Gasteiger partial charge in [-0.1, -0.05) is 22.0 Å². The molecule has 0 fully saturated rings. The number of nitrogens with one attached hydrogen (secondary N) is 1. The summed E-state index contributed by atoms with van der Waals surface area (Å²) >= 11 is 3.44. The molecule has 0 amide bonds. The fourth-order valence-electron chi connectivity index (χ4n) is 2.27. The maximum atomic E-state index is 9.05. The van der Waals surface area contributed by atoms with Crippen LogP contribution in [-0.2, 0) is 6.54 Å². The summed E-state index contributed by atoms with van der Waals surface area (Å²) in [4.78, 5) is 3.37. The van der Waals surface area contributed by atoms with Crippen LogP contribution in [0.1, 0.15) is 11.1 Å². The number of nitrogens with zero attached hydrogens (tertiary/aromatic N) is 1. The number of H-pyrrole nitrogens is 1. The molecule has 3 rings (SSSR count). The molecule has 0 atom stereocenters. The summed E-state index contributed by atoms with van der Waals surface area (Å²) in [6.45, 7) is 0.534. The fourth-order valence-corrected chi connectivity index (χ4v) is 2.77. The lowest BCUT2D eigenvalue weighted by atomic mass is 10.1.